The Balaban J connectivity index is 1.67. The first-order valence-electron chi connectivity index (χ1n) is 7.76. The van der Waals surface area contributed by atoms with Crippen LogP contribution in [-0.4, -0.2) is 11.4 Å². The van der Waals surface area contributed by atoms with Gasteiger partial charge in [-0.1, -0.05) is 25.0 Å². The van der Waals surface area contributed by atoms with Gasteiger partial charge < -0.3 is 4.42 Å². The van der Waals surface area contributed by atoms with Crippen molar-refractivity contribution in [3.05, 3.63) is 52.6 Å². The summed E-state index contributed by atoms with van der Waals surface area (Å²) < 4.78 is 5.56. The molecule has 1 saturated carbocycles. The van der Waals surface area contributed by atoms with Crippen LogP contribution in [0.3, 0.4) is 0 Å². The van der Waals surface area contributed by atoms with Gasteiger partial charge in [-0.2, -0.15) is 5.26 Å². The van der Waals surface area contributed by atoms with Crippen molar-refractivity contribution in [2.24, 2.45) is 5.92 Å². The van der Waals surface area contributed by atoms with E-state index < -0.39 is 0 Å². The topological polar surface area (TPSA) is 40.2 Å². The lowest BCUT2D eigenvalue weighted by atomic mass is 10.1. The van der Waals surface area contributed by atoms with E-state index in [-0.39, 0.29) is 6.04 Å². The van der Waals surface area contributed by atoms with Crippen LogP contribution < -0.4 is 0 Å². The molecule has 1 aliphatic rings. The highest BCUT2D eigenvalue weighted by Crippen LogP contribution is 2.34. The molecule has 0 radical (unpaired) electrons. The van der Waals surface area contributed by atoms with Crippen molar-refractivity contribution in [1.82, 2.24) is 4.90 Å². The molecule has 0 N–H and O–H groups in total. The molecule has 0 spiro atoms. The fourth-order valence-electron chi connectivity index (χ4n) is 2.58. The van der Waals surface area contributed by atoms with Crippen LogP contribution in [0.5, 0.6) is 0 Å². The maximum atomic E-state index is 9.52. The summed E-state index contributed by atoms with van der Waals surface area (Å²) in [4.78, 5) is 3.11. The normalized spacial score (nSPS) is 15.8. The van der Waals surface area contributed by atoms with Gasteiger partial charge >= 0.3 is 0 Å². The van der Waals surface area contributed by atoms with E-state index in [1.54, 1.807) is 17.6 Å². The third-order valence-corrected chi connectivity index (χ3v) is 4.87. The van der Waals surface area contributed by atoms with E-state index in [1.807, 2.05) is 23.1 Å². The predicted octanol–water partition coefficient (Wildman–Crippen LogP) is 5.07. The number of nitriles is 1. The standard InChI is InChI=1S/C18H20N2OS/c19-14-20(11-10-15-8-9-15)17(18-7-2-12-21-18)6-1-4-16-5-3-13-22-16/h1-5,7,12-13,15,17H,6,8-11H2/b4-1+. The van der Waals surface area contributed by atoms with Gasteiger partial charge in [0.25, 0.3) is 0 Å². The van der Waals surface area contributed by atoms with Crippen molar-refractivity contribution < 1.29 is 4.42 Å². The first-order chi connectivity index (χ1) is 10.9. The second-order valence-electron chi connectivity index (χ2n) is 5.71. The monoisotopic (exact) mass is 312 g/mol. The highest BCUT2D eigenvalue weighted by molar-refractivity contribution is 7.10. The zero-order valence-electron chi connectivity index (χ0n) is 12.5. The van der Waals surface area contributed by atoms with E-state index >= 15 is 0 Å². The number of hydrogen-bond donors (Lipinski definition) is 0. The van der Waals surface area contributed by atoms with Crippen LogP contribution >= 0.6 is 11.3 Å². The molecular weight excluding hydrogens is 292 g/mol. The van der Waals surface area contributed by atoms with E-state index in [0.717, 1.165) is 31.1 Å². The lowest BCUT2D eigenvalue weighted by Crippen LogP contribution is -2.25. The molecule has 114 valence electrons. The second-order valence-corrected chi connectivity index (χ2v) is 6.69. The van der Waals surface area contributed by atoms with Crippen LogP contribution in [0.25, 0.3) is 6.08 Å². The molecule has 1 aliphatic carbocycles. The Kier molecular flexibility index (Phi) is 4.97. The summed E-state index contributed by atoms with van der Waals surface area (Å²) in [5.74, 6) is 1.70. The zero-order valence-corrected chi connectivity index (χ0v) is 13.3. The van der Waals surface area contributed by atoms with Gasteiger partial charge in [0.05, 0.1) is 6.26 Å². The highest BCUT2D eigenvalue weighted by Gasteiger charge is 2.25. The maximum absolute atomic E-state index is 9.52. The Morgan fingerprint density at radius 3 is 2.95 bits per heavy atom. The number of hydrogen-bond acceptors (Lipinski definition) is 4. The van der Waals surface area contributed by atoms with Crippen molar-refractivity contribution in [3.8, 4) is 6.19 Å². The van der Waals surface area contributed by atoms with Gasteiger partial charge in [-0.05, 0) is 48.4 Å². The van der Waals surface area contributed by atoms with Crippen LogP contribution in [-0.2, 0) is 0 Å². The number of nitrogens with zero attached hydrogens (tertiary/aromatic N) is 2. The van der Waals surface area contributed by atoms with Gasteiger partial charge in [-0.15, -0.1) is 11.3 Å². The maximum Gasteiger partial charge on any atom is 0.180 e. The average molecular weight is 312 g/mol. The molecule has 3 rings (SSSR count). The van der Waals surface area contributed by atoms with Crippen LogP contribution in [0.2, 0.25) is 0 Å². The Morgan fingerprint density at radius 2 is 2.32 bits per heavy atom. The lowest BCUT2D eigenvalue weighted by molar-refractivity contribution is 0.250. The molecule has 1 fully saturated rings. The van der Waals surface area contributed by atoms with Crippen molar-refractivity contribution >= 4 is 17.4 Å². The largest absolute Gasteiger partial charge is 0.467 e. The van der Waals surface area contributed by atoms with Crippen LogP contribution in [0.15, 0.2) is 46.4 Å². The molecule has 0 bridgehead atoms. The summed E-state index contributed by atoms with van der Waals surface area (Å²) in [7, 11) is 0. The molecule has 0 amide bonds. The van der Waals surface area contributed by atoms with E-state index in [9.17, 15) is 5.26 Å². The number of rotatable bonds is 8. The first kappa shape index (κ1) is 14.9. The van der Waals surface area contributed by atoms with Crippen LogP contribution in [0.4, 0.5) is 0 Å². The van der Waals surface area contributed by atoms with Crippen LogP contribution in [0.1, 0.15) is 42.4 Å². The number of thiophene rings is 1. The minimum atomic E-state index is -0.00466. The molecule has 1 atom stereocenters. The van der Waals surface area contributed by atoms with Gasteiger partial charge in [0.15, 0.2) is 6.19 Å². The minimum absolute atomic E-state index is 0.00466. The van der Waals surface area contributed by atoms with Gasteiger partial charge in [0, 0.05) is 11.4 Å². The Labute approximate surface area is 135 Å². The van der Waals surface area contributed by atoms with E-state index in [1.165, 1.54) is 17.7 Å². The first-order valence-corrected chi connectivity index (χ1v) is 8.64. The van der Waals surface area contributed by atoms with Crippen molar-refractivity contribution in [3.63, 3.8) is 0 Å². The fraction of sp³-hybridized carbons (Fsp3) is 0.389. The Morgan fingerprint density at radius 1 is 1.41 bits per heavy atom. The molecule has 3 nitrogen and oxygen atoms in total. The van der Waals surface area contributed by atoms with Crippen molar-refractivity contribution in [2.45, 2.75) is 31.7 Å². The molecule has 4 heteroatoms. The molecule has 2 aromatic heterocycles. The summed E-state index contributed by atoms with van der Waals surface area (Å²) in [5, 5.41) is 11.6. The SMILES string of the molecule is N#CN(CCC1CC1)C(C/C=C/c1cccs1)c1ccco1. The minimum Gasteiger partial charge on any atom is -0.467 e. The number of furan rings is 1. The third kappa shape index (κ3) is 4.02. The quantitative estimate of drug-likeness (QED) is 0.505. The van der Waals surface area contributed by atoms with E-state index in [2.05, 4.69) is 29.8 Å². The Bertz CT molecular complexity index is 621. The third-order valence-electron chi connectivity index (χ3n) is 4.04. The molecule has 0 aromatic carbocycles. The average Bonchev–Trinajstić information content (AvgIpc) is 3.01. The van der Waals surface area contributed by atoms with E-state index in [0.29, 0.717) is 0 Å². The summed E-state index contributed by atoms with van der Waals surface area (Å²) in [6.45, 7) is 0.819. The lowest BCUT2D eigenvalue weighted by Gasteiger charge is -2.24. The molecule has 22 heavy (non-hydrogen) atoms. The summed E-state index contributed by atoms with van der Waals surface area (Å²) in [6.07, 6.45) is 12.8. The summed E-state index contributed by atoms with van der Waals surface area (Å²) in [5.41, 5.74) is 0. The van der Waals surface area contributed by atoms with Crippen LogP contribution in [0, 0.1) is 17.4 Å². The summed E-state index contributed by atoms with van der Waals surface area (Å²) in [6, 6.07) is 7.99. The molecule has 0 aliphatic heterocycles. The summed E-state index contributed by atoms with van der Waals surface area (Å²) >= 11 is 1.72. The van der Waals surface area contributed by atoms with Crippen molar-refractivity contribution in [1.29, 1.82) is 5.26 Å². The molecule has 1 unspecified atom stereocenters. The Hall–Kier alpha value is -1.99. The van der Waals surface area contributed by atoms with Gasteiger partial charge in [0.1, 0.15) is 11.8 Å². The molecular formula is C18H20N2OS. The van der Waals surface area contributed by atoms with E-state index in [4.69, 9.17) is 4.42 Å². The van der Waals surface area contributed by atoms with Gasteiger partial charge in [0.2, 0.25) is 0 Å². The predicted molar refractivity (Wildman–Crippen MR) is 89.1 cm³/mol. The highest BCUT2D eigenvalue weighted by atomic mass is 32.1. The fourth-order valence-corrected chi connectivity index (χ4v) is 3.23. The zero-order chi connectivity index (χ0) is 15.2. The van der Waals surface area contributed by atoms with Gasteiger partial charge in [-0.25, -0.2) is 0 Å². The van der Waals surface area contributed by atoms with Gasteiger partial charge in [-0.3, -0.25) is 4.90 Å². The smallest absolute Gasteiger partial charge is 0.180 e. The molecule has 2 heterocycles. The second kappa shape index (κ2) is 7.33. The molecule has 0 saturated heterocycles. The van der Waals surface area contributed by atoms with Crippen molar-refractivity contribution in [2.75, 3.05) is 6.54 Å². The molecule has 2 aromatic rings.